The van der Waals surface area contributed by atoms with E-state index in [0.29, 0.717) is 22.8 Å². The molecule has 2 amide bonds. The van der Waals surface area contributed by atoms with Crippen LogP contribution in [-0.2, 0) is 11.3 Å². The maximum atomic E-state index is 12.6. The lowest BCUT2D eigenvalue weighted by atomic mass is 10.1. The molecule has 0 unspecified atom stereocenters. The number of nitrogens with two attached hydrogens (primary N) is 1. The molecule has 3 rings (SSSR count). The fraction of sp³-hybridized carbons (Fsp3) is 0.167. The largest absolute Gasteiger partial charge is 0.348 e. The van der Waals surface area contributed by atoms with Crippen molar-refractivity contribution < 1.29 is 14.9 Å². The second-order valence-electron chi connectivity index (χ2n) is 7.01. The number of hydrogen-bond acceptors (Lipinski definition) is 2. The van der Waals surface area contributed by atoms with Crippen LogP contribution < -0.4 is 16.0 Å². The number of hydrogen-bond donors (Lipinski definition) is 3. The molecule has 0 aliphatic heterocycles. The Kier molecular flexibility index (Phi) is 7.60. The number of para-hydroxylation sites is 1. The molecule has 0 fully saturated rings. The Balaban J connectivity index is 1.58. The number of carbonyl (C=O) groups excluding carboxylic acids is 2. The molecule has 0 heterocycles. The predicted octanol–water partition coefficient (Wildman–Crippen LogP) is 3.53. The van der Waals surface area contributed by atoms with E-state index in [9.17, 15) is 9.59 Å². The molecule has 6 heteroatoms. The highest BCUT2D eigenvalue weighted by molar-refractivity contribution is 6.31. The van der Waals surface area contributed by atoms with Crippen LogP contribution in [0.15, 0.2) is 78.9 Å². The minimum atomic E-state index is -0.233. The number of quaternary nitrogens is 1. The van der Waals surface area contributed by atoms with E-state index in [0.717, 1.165) is 11.1 Å². The van der Waals surface area contributed by atoms with Gasteiger partial charge in [0.1, 0.15) is 6.04 Å². The van der Waals surface area contributed by atoms with Gasteiger partial charge in [-0.25, -0.2) is 0 Å². The third-order valence-electron chi connectivity index (χ3n) is 4.79. The van der Waals surface area contributed by atoms with Gasteiger partial charge < -0.3 is 16.0 Å². The highest BCUT2D eigenvalue weighted by Gasteiger charge is 2.16. The van der Waals surface area contributed by atoms with Crippen molar-refractivity contribution in [1.82, 2.24) is 5.32 Å². The number of amides is 2. The smallest absolute Gasteiger partial charge is 0.279 e. The molecule has 0 aliphatic rings. The van der Waals surface area contributed by atoms with Crippen LogP contribution in [0.4, 0.5) is 5.69 Å². The summed E-state index contributed by atoms with van der Waals surface area (Å²) in [6.07, 6.45) is 0. The van der Waals surface area contributed by atoms with Crippen LogP contribution in [0.2, 0.25) is 5.02 Å². The number of benzene rings is 3. The number of rotatable bonds is 8. The summed E-state index contributed by atoms with van der Waals surface area (Å²) in [5.41, 5.74) is 2.91. The minimum Gasteiger partial charge on any atom is -0.348 e. The zero-order chi connectivity index (χ0) is 21.3. The molecule has 0 saturated heterocycles. The highest BCUT2D eigenvalue weighted by Crippen LogP contribution is 2.19. The second-order valence-corrected chi connectivity index (χ2v) is 7.42. The molecule has 1 atom stereocenters. The number of anilines is 1. The van der Waals surface area contributed by atoms with E-state index >= 15 is 0 Å². The van der Waals surface area contributed by atoms with E-state index in [1.54, 1.807) is 24.3 Å². The Morgan fingerprint density at radius 2 is 1.60 bits per heavy atom. The van der Waals surface area contributed by atoms with Crippen LogP contribution in [0.5, 0.6) is 0 Å². The van der Waals surface area contributed by atoms with Gasteiger partial charge in [-0.2, -0.15) is 0 Å². The van der Waals surface area contributed by atoms with Crippen LogP contribution in [0.3, 0.4) is 0 Å². The molecule has 0 aromatic heterocycles. The van der Waals surface area contributed by atoms with Gasteiger partial charge in [0.15, 0.2) is 6.54 Å². The molecule has 3 aromatic carbocycles. The monoisotopic (exact) mass is 422 g/mol. The fourth-order valence-electron chi connectivity index (χ4n) is 3.12. The van der Waals surface area contributed by atoms with Crippen molar-refractivity contribution >= 4 is 29.1 Å². The van der Waals surface area contributed by atoms with Crippen LogP contribution in [0, 0.1) is 0 Å². The molecular weight excluding hydrogens is 398 g/mol. The van der Waals surface area contributed by atoms with Crippen molar-refractivity contribution in [1.29, 1.82) is 0 Å². The predicted molar refractivity (Wildman–Crippen MR) is 119 cm³/mol. The first-order valence-electron chi connectivity index (χ1n) is 9.83. The summed E-state index contributed by atoms with van der Waals surface area (Å²) in [7, 11) is 0. The molecule has 3 aromatic rings. The molecule has 0 aliphatic carbocycles. The summed E-state index contributed by atoms with van der Waals surface area (Å²) in [4.78, 5) is 25.1. The lowest BCUT2D eigenvalue weighted by Crippen LogP contribution is -2.86. The Morgan fingerprint density at radius 1 is 0.933 bits per heavy atom. The number of halogens is 1. The second kappa shape index (κ2) is 10.6. The van der Waals surface area contributed by atoms with Crippen molar-refractivity contribution in [2.24, 2.45) is 0 Å². The van der Waals surface area contributed by atoms with E-state index < -0.39 is 0 Å². The summed E-state index contributed by atoms with van der Waals surface area (Å²) in [5.74, 6) is -0.416. The summed E-state index contributed by atoms with van der Waals surface area (Å²) in [6.45, 7) is 2.64. The quantitative estimate of drug-likeness (QED) is 0.519. The molecule has 0 saturated carbocycles. The maximum Gasteiger partial charge on any atom is 0.279 e. The third kappa shape index (κ3) is 5.92. The first-order valence-corrected chi connectivity index (χ1v) is 10.2. The van der Waals surface area contributed by atoms with Crippen LogP contribution in [0.1, 0.15) is 34.5 Å². The molecule has 5 nitrogen and oxygen atoms in total. The minimum absolute atomic E-state index is 0.0360. The zero-order valence-electron chi connectivity index (χ0n) is 16.8. The molecule has 154 valence electrons. The topological polar surface area (TPSA) is 74.8 Å². The van der Waals surface area contributed by atoms with E-state index in [2.05, 4.69) is 10.6 Å². The summed E-state index contributed by atoms with van der Waals surface area (Å²) < 4.78 is 0. The van der Waals surface area contributed by atoms with Crippen molar-refractivity contribution in [3.8, 4) is 0 Å². The average molecular weight is 423 g/mol. The van der Waals surface area contributed by atoms with E-state index in [1.807, 2.05) is 66.8 Å². The van der Waals surface area contributed by atoms with Gasteiger partial charge in [0.25, 0.3) is 11.8 Å². The Hall–Kier alpha value is -3.15. The first kappa shape index (κ1) is 21.6. The Morgan fingerprint density at radius 3 is 2.37 bits per heavy atom. The van der Waals surface area contributed by atoms with Gasteiger partial charge in [-0.15, -0.1) is 0 Å². The van der Waals surface area contributed by atoms with Gasteiger partial charge in [0, 0.05) is 17.1 Å². The standard InChI is InChI=1S/C24H24ClN3O2/c1-17(19-11-5-7-13-21(19)25)26-16-23(29)28-22-14-8-6-12-20(22)24(30)27-15-18-9-3-2-4-10-18/h2-14,17,26H,15-16H2,1H3,(H,27,30)(H,28,29)/p+1/t17-/m0/s1. The van der Waals surface area contributed by atoms with Crippen molar-refractivity contribution in [2.75, 3.05) is 11.9 Å². The number of carbonyl (C=O) groups is 2. The SMILES string of the molecule is C[C@H]([NH2+]CC(=O)Nc1ccccc1C(=O)NCc1ccccc1)c1ccccc1Cl. The lowest BCUT2D eigenvalue weighted by molar-refractivity contribution is -0.682. The molecule has 4 N–H and O–H groups in total. The van der Waals surface area contributed by atoms with Gasteiger partial charge in [0.2, 0.25) is 0 Å². The van der Waals surface area contributed by atoms with Gasteiger partial charge in [-0.3, -0.25) is 9.59 Å². The van der Waals surface area contributed by atoms with Gasteiger partial charge in [0.05, 0.1) is 11.3 Å². The first-order chi connectivity index (χ1) is 14.5. The van der Waals surface area contributed by atoms with Gasteiger partial charge in [-0.05, 0) is 30.7 Å². The van der Waals surface area contributed by atoms with Gasteiger partial charge in [-0.1, -0.05) is 72.3 Å². The fourth-order valence-corrected chi connectivity index (χ4v) is 3.43. The van der Waals surface area contributed by atoms with Crippen molar-refractivity contribution in [2.45, 2.75) is 19.5 Å². The van der Waals surface area contributed by atoms with E-state index in [4.69, 9.17) is 11.6 Å². The Bertz CT molecular complexity index is 1010. The summed E-state index contributed by atoms with van der Waals surface area (Å²) in [6, 6.07) is 24.3. The molecule has 30 heavy (non-hydrogen) atoms. The third-order valence-corrected chi connectivity index (χ3v) is 5.14. The summed E-state index contributed by atoms with van der Waals surface area (Å²) in [5, 5.41) is 8.34. The lowest BCUT2D eigenvalue weighted by Gasteiger charge is -2.14. The van der Waals surface area contributed by atoms with Crippen LogP contribution in [-0.4, -0.2) is 18.4 Å². The molecule has 0 spiro atoms. The number of nitrogens with one attached hydrogen (secondary N) is 2. The molecule has 0 radical (unpaired) electrons. The van der Waals surface area contributed by atoms with Crippen LogP contribution >= 0.6 is 11.6 Å². The summed E-state index contributed by atoms with van der Waals surface area (Å²) >= 11 is 6.23. The van der Waals surface area contributed by atoms with Gasteiger partial charge >= 0.3 is 0 Å². The van der Waals surface area contributed by atoms with E-state index in [-0.39, 0.29) is 24.4 Å². The maximum absolute atomic E-state index is 12.6. The van der Waals surface area contributed by atoms with Crippen LogP contribution in [0.25, 0.3) is 0 Å². The highest BCUT2D eigenvalue weighted by atomic mass is 35.5. The van der Waals surface area contributed by atoms with E-state index in [1.165, 1.54) is 0 Å². The van der Waals surface area contributed by atoms with Crippen molar-refractivity contribution in [3.05, 3.63) is 101 Å². The van der Waals surface area contributed by atoms with Crippen molar-refractivity contribution in [3.63, 3.8) is 0 Å². The normalized spacial score (nSPS) is 11.5. The molecule has 0 bridgehead atoms. The zero-order valence-corrected chi connectivity index (χ0v) is 17.5. The molecular formula is C24H25ClN3O2+. The average Bonchev–Trinajstić information content (AvgIpc) is 2.77. The Labute approximate surface area is 181 Å².